The lowest BCUT2D eigenvalue weighted by molar-refractivity contribution is -0.125. The van der Waals surface area contributed by atoms with E-state index in [0.29, 0.717) is 32.5 Å². The number of rotatable bonds is 2. The summed E-state index contributed by atoms with van der Waals surface area (Å²) < 4.78 is 28.2. The van der Waals surface area contributed by atoms with Crippen molar-refractivity contribution < 1.29 is 18.0 Å². The Balaban J connectivity index is 1.79. The number of nitrogens with one attached hydrogen (secondary N) is 2. The predicted octanol–water partition coefficient (Wildman–Crippen LogP) is -0.609. The monoisotopic (exact) mass is 316 g/mol. The minimum atomic E-state index is -3.55. The molecule has 9 heteroatoms. The standard InChI is InChI=1S/C12H20N4O4S/c17-10-12(14-11(18)13-10)5-4-8-16(9-12)21(19,20)15-6-2-1-3-7-15/h1-9H2,(H2,13,14,17,18). The minimum Gasteiger partial charge on any atom is -0.322 e. The second-order valence-electron chi connectivity index (χ2n) is 5.89. The third-order valence-electron chi connectivity index (χ3n) is 4.44. The maximum absolute atomic E-state index is 12.7. The number of imide groups is 1. The first-order chi connectivity index (χ1) is 9.94. The molecule has 0 saturated carbocycles. The zero-order chi connectivity index (χ0) is 15.1. The molecule has 3 heterocycles. The van der Waals surface area contributed by atoms with E-state index >= 15 is 0 Å². The van der Waals surface area contributed by atoms with E-state index in [4.69, 9.17) is 0 Å². The summed E-state index contributed by atoms with van der Waals surface area (Å²) in [4.78, 5) is 23.3. The van der Waals surface area contributed by atoms with Gasteiger partial charge in [-0.1, -0.05) is 6.42 Å². The highest BCUT2D eigenvalue weighted by Gasteiger charge is 2.51. The van der Waals surface area contributed by atoms with Crippen molar-refractivity contribution in [2.75, 3.05) is 26.2 Å². The molecule has 0 radical (unpaired) electrons. The van der Waals surface area contributed by atoms with Gasteiger partial charge in [-0.15, -0.1) is 0 Å². The predicted molar refractivity (Wildman–Crippen MR) is 74.6 cm³/mol. The summed E-state index contributed by atoms with van der Waals surface area (Å²) >= 11 is 0. The first-order valence-electron chi connectivity index (χ1n) is 7.33. The quantitative estimate of drug-likeness (QED) is 0.664. The summed E-state index contributed by atoms with van der Waals surface area (Å²) in [6, 6.07) is -0.544. The lowest BCUT2D eigenvalue weighted by Crippen LogP contribution is -2.61. The molecule has 8 nitrogen and oxygen atoms in total. The van der Waals surface area contributed by atoms with Crippen LogP contribution in [-0.2, 0) is 15.0 Å². The third-order valence-corrected chi connectivity index (χ3v) is 6.42. The smallest absolute Gasteiger partial charge is 0.322 e. The zero-order valence-electron chi connectivity index (χ0n) is 11.8. The van der Waals surface area contributed by atoms with Crippen molar-refractivity contribution in [2.45, 2.75) is 37.6 Å². The van der Waals surface area contributed by atoms with Gasteiger partial charge >= 0.3 is 6.03 Å². The minimum absolute atomic E-state index is 0.0173. The van der Waals surface area contributed by atoms with Gasteiger partial charge in [0.2, 0.25) is 0 Å². The van der Waals surface area contributed by atoms with Crippen molar-refractivity contribution in [2.24, 2.45) is 0 Å². The second kappa shape index (κ2) is 5.22. The van der Waals surface area contributed by atoms with Crippen molar-refractivity contribution in [3.8, 4) is 0 Å². The van der Waals surface area contributed by atoms with E-state index in [0.717, 1.165) is 19.3 Å². The molecule has 3 aliphatic rings. The molecule has 0 aromatic rings. The number of hydrogen-bond acceptors (Lipinski definition) is 4. The summed E-state index contributed by atoms with van der Waals surface area (Å²) in [5.41, 5.74) is -1.10. The van der Waals surface area contributed by atoms with Gasteiger partial charge in [0.25, 0.3) is 16.1 Å². The topological polar surface area (TPSA) is 98.8 Å². The third kappa shape index (κ3) is 2.53. The van der Waals surface area contributed by atoms with Crippen LogP contribution in [0.2, 0.25) is 0 Å². The Morgan fingerprint density at radius 3 is 2.24 bits per heavy atom. The zero-order valence-corrected chi connectivity index (χ0v) is 12.6. The van der Waals surface area contributed by atoms with Gasteiger partial charge in [0, 0.05) is 26.2 Å². The van der Waals surface area contributed by atoms with E-state index in [-0.39, 0.29) is 6.54 Å². The molecular formula is C12H20N4O4S. The normalized spacial score (nSPS) is 32.2. The van der Waals surface area contributed by atoms with Gasteiger partial charge < -0.3 is 5.32 Å². The van der Waals surface area contributed by atoms with Crippen LogP contribution in [0.1, 0.15) is 32.1 Å². The number of amides is 3. The van der Waals surface area contributed by atoms with Crippen LogP contribution < -0.4 is 10.6 Å². The molecule has 1 unspecified atom stereocenters. The summed E-state index contributed by atoms with van der Waals surface area (Å²) in [7, 11) is -3.55. The molecule has 3 fully saturated rings. The van der Waals surface area contributed by atoms with E-state index in [1.54, 1.807) is 0 Å². The molecular weight excluding hydrogens is 296 g/mol. The second-order valence-corrected chi connectivity index (χ2v) is 7.82. The number of urea groups is 1. The Morgan fingerprint density at radius 2 is 1.62 bits per heavy atom. The summed E-state index contributed by atoms with van der Waals surface area (Å²) in [6.45, 7) is 1.47. The first-order valence-corrected chi connectivity index (χ1v) is 8.73. The number of carbonyl (C=O) groups is 2. The van der Waals surface area contributed by atoms with Gasteiger partial charge in [-0.3, -0.25) is 10.1 Å². The molecule has 2 N–H and O–H groups in total. The van der Waals surface area contributed by atoms with Gasteiger partial charge in [0.1, 0.15) is 5.54 Å². The van der Waals surface area contributed by atoms with Crippen LogP contribution in [0.25, 0.3) is 0 Å². The van der Waals surface area contributed by atoms with Crippen molar-refractivity contribution in [1.29, 1.82) is 0 Å². The SMILES string of the molecule is O=C1NC(=O)C2(CCCN(S(=O)(=O)N3CCCCC3)C2)N1. The molecule has 118 valence electrons. The van der Waals surface area contributed by atoms with Crippen molar-refractivity contribution in [3.05, 3.63) is 0 Å². The summed E-state index contributed by atoms with van der Waals surface area (Å²) in [6.07, 6.45) is 3.82. The maximum atomic E-state index is 12.7. The molecule has 1 atom stereocenters. The number of piperidine rings is 2. The van der Waals surface area contributed by atoms with E-state index in [1.165, 1.54) is 8.61 Å². The largest absolute Gasteiger partial charge is 0.322 e. The van der Waals surface area contributed by atoms with Gasteiger partial charge in [0.15, 0.2) is 0 Å². The molecule has 0 aromatic heterocycles. The van der Waals surface area contributed by atoms with Crippen LogP contribution in [0.4, 0.5) is 4.79 Å². The van der Waals surface area contributed by atoms with E-state index in [1.807, 2.05) is 0 Å². The van der Waals surface area contributed by atoms with Crippen LogP contribution in [0.3, 0.4) is 0 Å². The number of nitrogens with zero attached hydrogens (tertiary/aromatic N) is 2. The summed E-state index contributed by atoms with van der Waals surface area (Å²) in [5, 5.41) is 4.80. The molecule has 0 aromatic carbocycles. The van der Waals surface area contributed by atoms with Crippen LogP contribution in [0.5, 0.6) is 0 Å². The van der Waals surface area contributed by atoms with Crippen LogP contribution in [0.15, 0.2) is 0 Å². The highest BCUT2D eigenvalue weighted by Crippen LogP contribution is 2.28. The average molecular weight is 316 g/mol. The molecule has 3 saturated heterocycles. The first kappa shape index (κ1) is 14.7. The lowest BCUT2D eigenvalue weighted by Gasteiger charge is -2.40. The Morgan fingerprint density at radius 1 is 0.952 bits per heavy atom. The van der Waals surface area contributed by atoms with Crippen molar-refractivity contribution in [3.63, 3.8) is 0 Å². The van der Waals surface area contributed by atoms with E-state index in [9.17, 15) is 18.0 Å². The molecule has 3 aliphatic heterocycles. The Hall–Kier alpha value is -1.19. The Labute approximate surface area is 124 Å². The van der Waals surface area contributed by atoms with Crippen molar-refractivity contribution in [1.82, 2.24) is 19.2 Å². The molecule has 1 spiro atoms. The van der Waals surface area contributed by atoms with Crippen LogP contribution >= 0.6 is 0 Å². The highest BCUT2D eigenvalue weighted by atomic mass is 32.2. The fraction of sp³-hybridized carbons (Fsp3) is 0.833. The highest BCUT2D eigenvalue weighted by molar-refractivity contribution is 7.86. The molecule has 3 amide bonds. The molecule has 3 rings (SSSR count). The number of hydrogen-bond donors (Lipinski definition) is 2. The van der Waals surface area contributed by atoms with Crippen LogP contribution in [-0.4, -0.2) is 60.7 Å². The molecule has 0 aliphatic carbocycles. The van der Waals surface area contributed by atoms with Gasteiger partial charge in [-0.05, 0) is 25.7 Å². The Kier molecular flexibility index (Phi) is 3.66. The van der Waals surface area contributed by atoms with Crippen molar-refractivity contribution >= 4 is 22.1 Å². The van der Waals surface area contributed by atoms with Crippen LogP contribution in [0, 0.1) is 0 Å². The van der Waals surface area contributed by atoms with Gasteiger partial charge in [-0.2, -0.15) is 17.0 Å². The molecule has 0 bridgehead atoms. The average Bonchev–Trinajstić information content (AvgIpc) is 2.73. The van der Waals surface area contributed by atoms with E-state index in [2.05, 4.69) is 10.6 Å². The van der Waals surface area contributed by atoms with E-state index < -0.39 is 27.7 Å². The number of carbonyl (C=O) groups excluding carboxylic acids is 2. The summed E-state index contributed by atoms with van der Waals surface area (Å²) in [5.74, 6) is -0.425. The fourth-order valence-electron chi connectivity index (χ4n) is 3.29. The fourth-order valence-corrected chi connectivity index (χ4v) is 5.08. The lowest BCUT2D eigenvalue weighted by atomic mass is 9.90. The van der Waals surface area contributed by atoms with Gasteiger partial charge in [-0.25, -0.2) is 4.79 Å². The maximum Gasteiger partial charge on any atom is 0.322 e. The van der Waals surface area contributed by atoms with Gasteiger partial charge in [0.05, 0.1) is 0 Å². The molecule has 21 heavy (non-hydrogen) atoms. The Bertz CT molecular complexity index is 558.